The Labute approximate surface area is 333 Å². The molecular formula is C52H32O. The standard InChI is InChI=1S/C52H32O/c1-2-15-34(16-3-1)50-41-21-8-10-23-43(41)51(44-24-11-9-22-42(44)50)45-30-29-37(38-19-6-7-20-40(38)45)35-28-31-49-48(32-35)47-27-13-26-46(52(47)53-49)39-25-12-17-33-14-4-5-18-36(33)39/h1-32H/i1D,2D,3D,6D,7D,8D,9D,10D,11D,15D,16D,19D,20D,21D,22D,23D,24D,29D,30D. The minimum Gasteiger partial charge on any atom is -0.455 e. The zero-order valence-electron chi connectivity index (χ0n) is 46.4. The van der Waals surface area contributed by atoms with Gasteiger partial charge < -0.3 is 4.42 Å². The van der Waals surface area contributed by atoms with Crippen molar-refractivity contribution in [3.8, 4) is 44.5 Å². The molecule has 0 aliphatic carbocycles. The molecule has 0 saturated heterocycles. The van der Waals surface area contributed by atoms with E-state index < -0.39 is 164 Å². The summed E-state index contributed by atoms with van der Waals surface area (Å²) < 4.78 is 180. The van der Waals surface area contributed by atoms with Crippen LogP contribution in [0.3, 0.4) is 0 Å². The third-order valence-electron chi connectivity index (χ3n) is 9.74. The molecule has 0 fully saturated rings. The van der Waals surface area contributed by atoms with Gasteiger partial charge in [0.1, 0.15) is 11.2 Å². The van der Waals surface area contributed by atoms with E-state index in [2.05, 4.69) is 0 Å². The summed E-state index contributed by atoms with van der Waals surface area (Å²) in [5.74, 6) is 0. The normalized spacial score (nSPS) is 16.8. The number of hydrogen-bond acceptors (Lipinski definition) is 1. The Kier molecular flexibility index (Phi) is 3.69. The highest BCUT2D eigenvalue weighted by molar-refractivity contribution is 6.24. The molecule has 0 atom stereocenters. The zero-order valence-corrected chi connectivity index (χ0v) is 27.4. The number of rotatable bonds is 4. The lowest BCUT2D eigenvalue weighted by molar-refractivity contribution is 0.670. The molecule has 0 aliphatic rings. The van der Waals surface area contributed by atoms with Crippen LogP contribution < -0.4 is 0 Å². The van der Waals surface area contributed by atoms with Gasteiger partial charge in [0.15, 0.2) is 0 Å². The van der Waals surface area contributed by atoms with E-state index in [1.54, 1.807) is 18.2 Å². The van der Waals surface area contributed by atoms with Crippen LogP contribution in [0, 0.1) is 0 Å². The molecule has 1 heteroatoms. The SMILES string of the molecule is [2H]c1c([2H])c([2H])c(-c2c3c([2H])c([2H])c([2H])c([2H])c3c(-c3c([2H])c([2H])c(-c4ccc5oc6c(-c7cccc8ccccc78)cccc6c5c4)c4c([2H])c([2H])c([2H])c([2H])c34)c3c([2H])c([2H])c([2H])c([2H])c23)c([2H])c1[2H]. The molecule has 0 bridgehead atoms. The Bertz CT molecular complexity index is 4220. The van der Waals surface area contributed by atoms with Crippen LogP contribution >= 0.6 is 0 Å². The molecule has 0 radical (unpaired) electrons. The lowest BCUT2D eigenvalue weighted by Gasteiger charge is -2.19. The molecule has 1 aromatic heterocycles. The molecule has 0 amide bonds. The predicted molar refractivity (Wildman–Crippen MR) is 225 cm³/mol. The minimum atomic E-state index is -0.870. The van der Waals surface area contributed by atoms with Crippen LogP contribution in [0.15, 0.2) is 198 Å². The van der Waals surface area contributed by atoms with E-state index in [1.165, 1.54) is 0 Å². The molecular weight excluding hydrogens is 641 g/mol. The molecule has 1 heterocycles. The van der Waals surface area contributed by atoms with Crippen molar-refractivity contribution in [2.24, 2.45) is 0 Å². The van der Waals surface area contributed by atoms with Gasteiger partial charge >= 0.3 is 0 Å². The van der Waals surface area contributed by atoms with E-state index >= 15 is 0 Å². The van der Waals surface area contributed by atoms with Crippen molar-refractivity contribution in [3.63, 3.8) is 0 Å². The average Bonchev–Trinajstić information content (AvgIpc) is 3.76. The number of benzene rings is 10. The highest BCUT2D eigenvalue weighted by Crippen LogP contribution is 2.47. The maximum Gasteiger partial charge on any atom is 0.143 e. The summed E-state index contributed by atoms with van der Waals surface area (Å²) in [6.45, 7) is 0. The predicted octanol–water partition coefficient (Wildman–Crippen LogP) is 14.9. The number of para-hydroxylation sites is 1. The van der Waals surface area contributed by atoms with Crippen molar-refractivity contribution < 1.29 is 30.5 Å². The zero-order chi connectivity index (χ0) is 51.4. The fourth-order valence-corrected chi connectivity index (χ4v) is 7.47. The van der Waals surface area contributed by atoms with Crippen LogP contribution in [0.5, 0.6) is 0 Å². The molecule has 1 nitrogen and oxygen atoms in total. The molecule has 53 heavy (non-hydrogen) atoms. The number of fused-ring (bicyclic) bond motifs is 7. The third-order valence-corrected chi connectivity index (χ3v) is 9.74. The van der Waals surface area contributed by atoms with Crippen molar-refractivity contribution in [2.75, 3.05) is 0 Å². The quantitative estimate of drug-likeness (QED) is 0.167. The summed E-state index contributed by atoms with van der Waals surface area (Å²) in [6.07, 6.45) is 0. The monoisotopic (exact) mass is 691 g/mol. The molecule has 0 unspecified atom stereocenters. The maximum absolute atomic E-state index is 9.93. The van der Waals surface area contributed by atoms with Crippen LogP contribution in [-0.2, 0) is 0 Å². The molecule has 11 rings (SSSR count). The average molecular weight is 692 g/mol. The third kappa shape index (κ3) is 4.58. The van der Waals surface area contributed by atoms with Gasteiger partial charge in [-0.1, -0.05) is 182 Å². The summed E-state index contributed by atoms with van der Waals surface area (Å²) >= 11 is 0. The first kappa shape index (κ1) is 16.6. The second kappa shape index (κ2) is 11.8. The first-order chi connectivity index (χ1) is 34.2. The van der Waals surface area contributed by atoms with Crippen molar-refractivity contribution in [1.82, 2.24) is 0 Å². The summed E-state index contributed by atoms with van der Waals surface area (Å²) in [4.78, 5) is 0. The van der Waals surface area contributed by atoms with Crippen LogP contribution in [0.4, 0.5) is 0 Å². The fraction of sp³-hybridized carbons (Fsp3) is 0. The Balaban J connectivity index is 1.32. The summed E-state index contributed by atoms with van der Waals surface area (Å²) in [6, 6.07) is 9.06. The minimum absolute atomic E-state index is 0.125. The van der Waals surface area contributed by atoms with Crippen molar-refractivity contribution in [3.05, 3.63) is 194 Å². The highest BCUT2D eigenvalue weighted by atomic mass is 16.3. The first-order valence-corrected chi connectivity index (χ1v) is 16.7. The van der Waals surface area contributed by atoms with Crippen molar-refractivity contribution >= 4 is 65.0 Å². The Morgan fingerprint density at radius 1 is 0.340 bits per heavy atom. The first-order valence-electron chi connectivity index (χ1n) is 26.2. The summed E-state index contributed by atoms with van der Waals surface area (Å²) in [7, 11) is 0. The van der Waals surface area contributed by atoms with Crippen molar-refractivity contribution in [1.29, 1.82) is 0 Å². The lowest BCUT2D eigenvalue weighted by atomic mass is 9.84. The molecule has 10 aromatic carbocycles. The summed E-state index contributed by atoms with van der Waals surface area (Å²) in [5.41, 5.74) is 0.523. The molecule has 246 valence electrons. The molecule has 0 saturated carbocycles. The van der Waals surface area contributed by atoms with E-state index in [0.717, 1.165) is 21.9 Å². The van der Waals surface area contributed by atoms with E-state index in [0.29, 0.717) is 21.9 Å². The summed E-state index contributed by atoms with van der Waals surface area (Å²) in [5, 5.41) is 0.263. The highest BCUT2D eigenvalue weighted by Gasteiger charge is 2.20. The molecule has 11 aromatic rings. The fourth-order valence-electron chi connectivity index (χ4n) is 7.47. The Morgan fingerprint density at radius 3 is 1.66 bits per heavy atom. The van der Waals surface area contributed by atoms with Gasteiger partial charge in [0, 0.05) is 16.3 Å². The second-order valence-electron chi connectivity index (χ2n) is 12.5. The smallest absolute Gasteiger partial charge is 0.143 e. The largest absolute Gasteiger partial charge is 0.455 e. The maximum atomic E-state index is 9.93. The Morgan fingerprint density at radius 2 is 0.906 bits per heavy atom. The van der Waals surface area contributed by atoms with E-state index in [1.807, 2.05) is 60.7 Å². The van der Waals surface area contributed by atoms with Gasteiger partial charge in [-0.2, -0.15) is 0 Å². The van der Waals surface area contributed by atoms with Gasteiger partial charge in [-0.3, -0.25) is 0 Å². The van der Waals surface area contributed by atoms with Gasteiger partial charge in [0.25, 0.3) is 0 Å². The number of hydrogen-bond donors (Lipinski definition) is 0. The van der Waals surface area contributed by atoms with Crippen LogP contribution in [0.2, 0.25) is 0 Å². The lowest BCUT2D eigenvalue weighted by Crippen LogP contribution is -1.92. The van der Waals surface area contributed by atoms with Crippen LogP contribution in [0.25, 0.3) is 110 Å². The molecule has 0 N–H and O–H groups in total. The van der Waals surface area contributed by atoms with Gasteiger partial charge in [-0.15, -0.1) is 0 Å². The topological polar surface area (TPSA) is 13.1 Å². The van der Waals surface area contributed by atoms with Gasteiger partial charge in [-0.05, 0) is 94.2 Å². The van der Waals surface area contributed by atoms with Gasteiger partial charge in [0.2, 0.25) is 0 Å². The Hall–Kier alpha value is -6.96. The van der Waals surface area contributed by atoms with Gasteiger partial charge in [0.05, 0.1) is 26.0 Å². The van der Waals surface area contributed by atoms with E-state index in [-0.39, 0.29) is 16.5 Å². The van der Waals surface area contributed by atoms with E-state index in [9.17, 15) is 11.0 Å². The van der Waals surface area contributed by atoms with Crippen LogP contribution in [-0.4, -0.2) is 0 Å². The van der Waals surface area contributed by atoms with Gasteiger partial charge in [-0.25, -0.2) is 0 Å². The molecule has 0 spiro atoms. The second-order valence-corrected chi connectivity index (χ2v) is 12.5. The van der Waals surface area contributed by atoms with E-state index in [4.69, 9.17) is 19.5 Å². The number of furan rings is 1. The molecule has 0 aliphatic heterocycles. The van der Waals surface area contributed by atoms with Crippen LogP contribution in [0.1, 0.15) is 26.0 Å². The van der Waals surface area contributed by atoms with Crippen molar-refractivity contribution in [2.45, 2.75) is 0 Å².